The molecule has 1 aliphatic rings. The largest absolute Gasteiger partial charge is 0.417 e. The van der Waals surface area contributed by atoms with Crippen molar-refractivity contribution in [3.05, 3.63) is 34.3 Å². The molecule has 1 aromatic carbocycles. The maximum Gasteiger partial charge on any atom is 0.417 e. The van der Waals surface area contributed by atoms with E-state index in [1.807, 2.05) is 0 Å². The van der Waals surface area contributed by atoms with E-state index in [1.165, 1.54) is 6.07 Å². The molecule has 1 atom stereocenters. The monoisotopic (exact) mass is 348 g/mol. The zero-order valence-electron chi connectivity index (χ0n) is 13.6. The Bertz CT molecular complexity index is 511. The van der Waals surface area contributed by atoms with Gasteiger partial charge in [0.05, 0.1) is 10.6 Å². The molecule has 1 aliphatic heterocycles. The van der Waals surface area contributed by atoms with Crippen LogP contribution in [0.3, 0.4) is 0 Å². The summed E-state index contributed by atoms with van der Waals surface area (Å²) in [7, 11) is 0. The second-order valence-electron chi connectivity index (χ2n) is 6.48. The number of hydrogen-bond donors (Lipinski definition) is 1. The third-order valence-electron chi connectivity index (χ3n) is 4.30. The third kappa shape index (κ3) is 4.85. The van der Waals surface area contributed by atoms with Gasteiger partial charge in [0.15, 0.2) is 0 Å². The lowest BCUT2D eigenvalue weighted by molar-refractivity contribution is -0.137. The van der Waals surface area contributed by atoms with Gasteiger partial charge >= 0.3 is 6.18 Å². The molecule has 0 saturated carbocycles. The van der Waals surface area contributed by atoms with Gasteiger partial charge in [-0.1, -0.05) is 37.6 Å². The van der Waals surface area contributed by atoms with E-state index in [0.29, 0.717) is 11.5 Å². The predicted molar refractivity (Wildman–Crippen MR) is 87.7 cm³/mol. The lowest BCUT2D eigenvalue weighted by Crippen LogP contribution is -2.45. The molecular formula is C17H24ClF3N2. The highest BCUT2D eigenvalue weighted by atomic mass is 35.5. The predicted octanol–water partition coefficient (Wildman–Crippen LogP) is 4.74. The lowest BCUT2D eigenvalue weighted by atomic mass is 9.94. The smallest absolute Gasteiger partial charge is 0.314 e. The van der Waals surface area contributed by atoms with Crippen molar-refractivity contribution in [3.8, 4) is 0 Å². The molecule has 0 radical (unpaired) electrons. The van der Waals surface area contributed by atoms with Crippen molar-refractivity contribution in [1.29, 1.82) is 0 Å². The van der Waals surface area contributed by atoms with Crippen LogP contribution in [-0.2, 0) is 6.18 Å². The van der Waals surface area contributed by atoms with Crippen LogP contribution in [0.1, 0.15) is 43.9 Å². The van der Waals surface area contributed by atoms with Crippen LogP contribution in [0.5, 0.6) is 0 Å². The Kier molecular flexibility index (Phi) is 6.34. The lowest BCUT2D eigenvalue weighted by Gasteiger charge is -2.36. The number of alkyl halides is 3. The van der Waals surface area contributed by atoms with E-state index in [2.05, 4.69) is 24.1 Å². The number of hydrogen-bond acceptors (Lipinski definition) is 2. The van der Waals surface area contributed by atoms with E-state index < -0.39 is 11.7 Å². The summed E-state index contributed by atoms with van der Waals surface area (Å²) in [5.74, 6) is 0.505. The fourth-order valence-corrected chi connectivity index (χ4v) is 3.40. The van der Waals surface area contributed by atoms with Crippen LogP contribution in [0.4, 0.5) is 13.2 Å². The fraction of sp³-hybridized carbons (Fsp3) is 0.647. The van der Waals surface area contributed by atoms with Crippen molar-refractivity contribution in [3.63, 3.8) is 0 Å². The Morgan fingerprint density at radius 1 is 1.17 bits per heavy atom. The summed E-state index contributed by atoms with van der Waals surface area (Å²) in [5.41, 5.74) is -0.134. The van der Waals surface area contributed by atoms with Gasteiger partial charge in [-0.25, -0.2) is 0 Å². The summed E-state index contributed by atoms with van der Waals surface area (Å²) >= 11 is 6.16. The van der Waals surface area contributed by atoms with Crippen LogP contribution in [0.2, 0.25) is 5.02 Å². The van der Waals surface area contributed by atoms with Crippen LogP contribution >= 0.6 is 11.6 Å². The molecule has 23 heavy (non-hydrogen) atoms. The average Bonchev–Trinajstić information content (AvgIpc) is 2.48. The highest BCUT2D eigenvalue weighted by Crippen LogP contribution is 2.40. The van der Waals surface area contributed by atoms with E-state index >= 15 is 0 Å². The van der Waals surface area contributed by atoms with Gasteiger partial charge in [0, 0.05) is 32.2 Å². The molecule has 1 heterocycles. The quantitative estimate of drug-likeness (QED) is 0.826. The minimum absolute atomic E-state index is 0.0608. The highest BCUT2D eigenvalue weighted by Gasteiger charge is 2.35. The van der Waals surface area contributed by atoms with Crippen molar-refractivity contribution in [2.24, 2.45) is 5.92 Å². The Morgan fingerprint density at radius 3 is 2.39 bits per heavy atom. The minimum Gasteiger partial charge on any atom is -0.314 e. The Morgan fingerprint density at radius 2 is 1.83 bits per heavy atom. The molecule has 0 aromatic heterocycles. The third-order valence-corrected chi connectivity index (χ3v) is 4.72. The van der Waals surface area contributed by atoms with Crippen LogP contribution in [0.25, 0.3) is 0 Å². The van der Waals surface area contributed by atoms with Gasteiger partial charge in [0.2, 0.25) is 0 Å². The first kappa shape index (κ1) is 18.6. The van der Waals surface area contributed by atoms with Crippen molar-refractivity contribution in [2.45, 2.75) is 38.9 Å². The Hall–Kier alpha value is -0.780. The van der Waals surface area contributed by atoms with Crippen molar-refractivity contribution in [2.75, 3.05) is 26.2 Å². The molecule has 2 rings (SSSR count). The van der Waals surface area contributed by atoms with Gasteiger partial charge in [-0.05, 0) is 30.4 Å². The summed E-state index contributed by atoms with van der Waals surface area (Å²) in [5, 5.41) is 3.14. The van der Waals surface area contributed by atoms with E-state index in [-0.39, 0.29) is 11.1 Å². The SMILES string of the molecule is CC(C)CC[C@@H](c1cccc(C(F)(F)F)c1Cl)N1CCNCC1. The molecule has 0 amide bonds. The summed E-state index contributed by atoms with van der Waals surface area (Å²) < 4.78 is 39.4. The van der Waals surface area contributed by atoms with Crippen LogP contribution in [-0.4, -0.2) is 31.1 Å². The second-order valence-corrected chi connectivity index (χ2v) is 6.86. The number of nitrogens with one attached hydrogen (secondary N) is 1. The van der Waals surface area contributed by atoms with Crippen LogP contribution < -0.4 is 5.32 Å². The number of rotatable bonds is 5. The fourth-order valence-electron chi connectivity index (χ4n) is 3.05. The second kappa shape index (κ2) is 7.86. The molecular weight excluding hydrogens is 325 g/mol. The first-order chi connectivity index (χ1) is 10.8. The van der Waals surface area contributed by atoms with Crippen LogP contribution in [0, 0.1) is 5.92 Å². The molecule has 0 unspecified atom stereocenters. The standard InChI is InChI=1S/C17H24ClF3N2/c1-12(2)6-7-15(23-10-8-22-9-11-23)13-4-3-5-14(16(13)18)17(19,20)21/h3-5,12,15,22H,6-11H2,1-2H3/t15-/m0/s1. The van der Waals surface area contributed by atoms with Crippen LogP contribution in [0.15, 0.2) is 18.2 Å². The van der Waals surface area contributed by atoms with Gasteiger partial charge in [-0.15, -0.1) is 0 Å². The van der Waals surface area contributed by atoms with Gasteiger partial charge in [-0.3, -0.25) is 4.90 Å². The molecule has 1 saturated heterocycles. The molecule has 1 aromatic rings. The zero-order valence-corrected chi connectivity index (χ0v) is 14.3. The van der Waals surface area contributed by atoms with Crippen molar-refractivity contribution < 1.29 is 13.2 Å². The van der Waals surface area contributed by atoms with Crippen molar-refractivity contribution >= 4 is 11.6 Å². The van der Waals surface area contributed by atoms with Gasteiger partial charge in [0.25, 0.3) is 0 Å². The maximum absolute atomic E-state index is 13.1. The summed E-state index contributed by atoms with van der Waals surface area (Å²) in [4.78, 5) is 2.25. The number of nitrogens with zero attached hydrogens (tertiary/aromatic N) is 1. The molecule has 0 spiro atoms. The molecule has 1 N–H and O–H groups in total. The summed E-state index contributed by atoms with van der Waals surface area (Å²) in [6.45, 7) is 7.62. The Labute approximate surface area is 141 Å². The van der Waals surface area contributed by atoms with E-state index in [1.54, 1.807) is 6.07 Å². The normalized spacial score (nSPS) is 18.4. The molecule has 2 nitrogen and oxygen atoms in total. The molecule has 0 aliphatic carbocycles. The average molecular weight is 349 g/mol. The topological polar surface area (TPSA) is 15.3 Å². The highest BCUT2D eigenvalue weighted by molar-refractivity contribution is 6.32. The number of halogens is 4. The minimum atomic E-state index is -4.42. The van der Waals surface area contributed by atoms with Gasteiger partial charge in [0.1, 0.15) is 0 Å². The van der Waals surface area contributed by atoms with E-state index in [0.717, 1.165) is 45.1 Å². The number of piperazine rings is 1. The van der Waals surface area contributed by atoms with E-state index in [9.17, 15) is 13.2 Å². The molecule has 1 fully saturated rings. The van der Waals surface area contributed by atoms with Gasteiger partial charge < -0.3 is 5.32 Å². The van der Waals surface area contributed by atoms with E-state index in [4.69, 9.17) is 11.6 Å². The molecule has 6 heteroatoms. The number of benzene rings is 1. The maximum atomic E-state index is 13.1. The summed E-state index contributed by atoms with van der Waals surface area (Å²) in [6.07, 6.45) is -2.64. The van der Waals surface area contributed by atoms with Gasteiger partial charge in [-0.2, -0.15) is 13.2 Å². The summed E-state index contributed by atoms with van der Waals surface area (Å²) in [6, 6.07) is 4.21. The van der Waals surface area contributed by atoms with Crippen molar-refractivity contribution in [1.82, 2.24) is 10.2 Å². The molecule has 130 valence electrons. The first-order valence-corrected chi connectivity index (χ1v) is 8.49. The first-order valence-electron chi connectivity index (χ1n) is 8.11. The Balaban J connectivity index is 2.34. The zero-order chi connectivity index (χ0) is 17.0. The molecule has 0 bridgehead atoms.